The Hall–Kier alpha value is -1.16. The molecule has 1 amide bonds. The Morgan fingerprint density at radius 1 is 1.24 bits per heavy atom. The molecular formula is C16H22ClN3O. The van der Waals surface area contributed by atoms with Crippen LogP contribution in [-0.4, -0.2) is 29.9 Å². The van der Waals surface area contributed by atoms with Crippen molar-refractivity contribution in [3.8, 4) is 0 Å². The van der Waals surface area contributed by atoms with Gasteiger partial charge in [0.05, 0.1) is 11.1 Å². The normalized spacial score (nSPS) is 27.5. The predicted octanol–water partition coefficient (Wildman–Crippen LogP) is 3.72. The summed E-state index contributed by atoms with van der Waals surface area (Å²) in [5.41, 5.74) is 1.73. The van der Waals surface area contributed by atoms with Gasteiger partial charge in [-0.05, 0) is 69.2 Å². The lowest BCUT2D eigenvalue weighted by atomic mass is 9.55. The van der Waals surface area contributed by atoms with Crippen LogP contribution in [-0.2, 0) is 4.79 Å². The van der Waals surface area contributed by atoms with Crippen LogP contribution in [0.15, 0.2) is 21.4 Å². The Kier molecular flexibility index (Phi) is 3.47. The molecule has 3 rings (SSSR count). The molecule has 21 heavy (non-hydrogen) atoms. The topological polar surface area (TPSA) is 45.0 Å². The summed E-state index contributed by atoms with van der Waals surface area (Å²) in [6, 6.07) is 0. The molecule has 0 aromatic carbocycles. The van der Waals surface area contributed by atoms with Crippen LogP contribution < -0.4 is 0 Å². The Morgan fingerprint density at radius 3 is 2.33 bits per heavy atom. The molecule has 2 saturated carbocycles. The lowest BCUT2D eigenvalue weighted by molar-refractivity contribution is -0.138. The lowest BCUT2D eigenvalue weighted by Gasteiger charge is -2.49. The molecule has 4 nitrogen and oxygen atoms in total. The van der Waals surface area contributed by atoms with E-state index in [9.17, 15) is 4.79 Å². The number of carbonyl (C=O) groups excluding carboxylic acids is 1. The number of allylic oxidation sites excluding steroid dienone is 1. The number of hydrogen-bond donors (Lipinski definition) is 0. The number of amidine groups is 1. The van der Waals surface area contributed by atoms with Crippen molar-refractivity contribution in [1.82, 2.24) is 4.90 Å². The van der Waals surface area contributed by atoms with Gasteiger partial charge in [0.2, 0.25) is 11.2 Å². The van der Waals surface area contributed by atoms with Gasteiger partial charge >= 0.3 is 0 Å². The average molecular weight is 308 g/mol. The molecule has 1 heterocycles. The second-order valence-electron chi connectivity index (χ2n) is 6.77. The SMILES string of the molecule is C=NC(Cl)=NC1=C(C)N(C)C(=O)C12CCC1(CCC1)CC2. The van der Waals surface area contributed by atoms with Crippen molar-refractivity contribution >= 4 is 29.5 Å². The maximum absolute atomic E-state index is 12.8. The number of nitrogens with zero attached hydrogens (tertiary/aromatic N) is 3. The van der Waals surface area contributed by atoms with Gasteiger partial charge in [-0.25, -0.2) is 9.98 Å². The van der Waals surface area contributed by atoms with E-state index in [1.807, 2.05) is 14.0 Å². The first-order valence-electron chi connectivity index (χ1n) is 7.65. The van der Waals surface area contributed by atoms with E-state index in [2.05, 4.69) is 16.7 Å². The quantitative estimate of drug-likeness (QED) is 0.414. The second-order valence-corrected chi connectivity index (χ2v) is 7.11. The van der Waals surface area contributed by atoms with E-state index in [0.29, 0.717) is 5.41 Å². The van der Waals surface area contributed by atoms with Crippen LogP contribution in [0.1, 0.15) is 51.9 Å². The van der Waals surface area contributed by atoms with E-state index in [-0.39, 0.29) is 11.2 Å². The van der Waals surface area contributed by atoms with Gasteiger partial charge in [-0.3, -0.25) is 4.79 Å². The Bertz CT molecular complexity index is 550. The number of aliphatic imine (C=N–C) groups is 2. The van der Waals surface area contributed by atoms with Crippen LogP contribution in [0.3, 0.4) is 0 Å². The first-order valence-corrected chi connectivity index (χ1v) is 8.02. The molecule has 2 fully saturated rings. The molecule has 5 heteroatoms. The molecule has 0 saturated heterocycles. The zero-order valence-electron chi connectivity index (χ0n) is 12.8. The number of amides is 1. The van der Waals surface area contributed by atoms with E-state index in [1.165, 1.54) is 19.3 Å². The number of hydrogen-bond acceptors (Lipinski definition) is 2. The first-order chi connectivity index (χ1) is 9.94. The average Bonchev–Trinajstić information content (AvgIpc) is 2.63. The van der Waals surface area contributed by atoms with Crippen LogP contribution in [0.5, 0.6) is 0 Å². The van der Waals surface area contributed by atoms with Gasteiger partial charge < -0.3 is 4.90 Å². The summed E-state index contributed by atoms with van der Waals surface area (Å²) in [7, 11) is 1.82. The van der Waals surface area contributed by atoms with Gasteiger partial charge in [0.25, 0.3) is 0 Å². The number of rotatable bonds is 1. The molecular weight excluding hydrogens is 286 g/mol. The van der Waals surface area contributed by atoms with Gasteiger partial charge in [0.15, 0.2) is 0 Å². The Balaban J connectivity index is 1.95. The highest BCUT2D eigenvalue weighted by molar-refractivity contribution is 6.65. The zero-order valence-corrected chi connectivity index (χ0v) is 13.5. The van der Waals surface area contributed by atoms with Crippen LogP contribution >= 0.6 is 11.6 Å². The van der Waals surface area contributed by atoms with Crippen LogP contribution in [0.25, 0.3) is 0 Å². The van der Waals surface area contributed by atoms with Crippen molar-refractivity contribution < 1.29 is 4.79 Å². The molecule has 3 aliphatic rings. The lowest BCUT2D eigenvalue weighted by Crippen LogP contribution is -2.43. The van der Waals surface area contributed by atoms with Crippen molar-refractivity contribution in [2.45, 2.75) is 51.9 Å². The van der Waals surface area contributed by atoms with E-state index < -0.39 is 5.41 Å². The van der Waals surface area contributed by atoms with Gasteiger partial charge in [-0.15, -0.1) is 0 Å². The number of halogens is 1. The molecule has 0 aromatic rings. The van der Waals surface area contributed by atoms with Gasteiger partial charge in [-0.2, -0.15) is 0 Å². The van der Waals surface area contributed by atoms with E-state index in [4.69, 9.17) is 11.6 Å². The highest BCUT2D eigenvalue weighted by Gasteiger charge is 2.55. The fourth-order valence-corrected chi connectivity index (χ4v) is 4.31. The fourth-order valence-electron chi connectivity index (χ4n) is 4.23. The third-order valence-corrected chi connectivity index (χ3v) is 6.13. The van der Waals surface area contributed by atoms with Crippen molar-refractivity contribution in [1.29, 1.82) is 0 Å². The van der Waals surface area contributed by atoms with E-state index in [1.54, 1.807) is 4.90 Å². The van der Waals surface area contributed by atoms with E-state index >= 15 is 0 Å². The largest absolute Gasteiger partial charge is 0.317 e. The van der Waals surface area contributed by atoms with Gasteiger partial charge in [-0.1, -0.05) is 6.42 Å². The molecule has 0 atom stereocenters. The van der Waals surface area contributed by atoms with Crippen molar-refractivity contribution in [3.05, 3.63) is 11.4 Å². The summed E-state index contributed by atoms with van der Waals surface area (Å²) in [6.45, 7) is 5.35. The molecule has 2 aliphatic carbocycles. The summed E-state index contributed by atoms with van der Waals surface area (Å²) in [4.78, 5) is 22.6. The van der Waals surface area contributed by atoms with Crippen LogP contribution in [0.4, 0.5) is 0 Å². The van der Waals surface area contributed by atoms with E-state index in [0.717, 1.165) is 37.1 Å². The van der Waals surface area contributed by atoms with Gasteiger partial charge in [0, 0.05) is 12.7 Å². The summed E-state index contributed by atoms with van der Waals surface area (Å²) in [6.07, 6.45) is 8.00. The number of carbonyl (C=O) groups is 1. The molecule has 1 aliphatic heterocycles. The third kappa shape index (κ3) is 2.07. The molecule has 0 aromatic heterocycles. The standard InChI is InChI=1S/C16H22ClN3O/c1-11-12(19-14(17)18-2)16(13(21)20(11)3)9-7-15(8-10-16)5-4-6-15/h2,4-10H2,1,3H3. The van der Waals surface area contributed by atoms with Crippen molar-refractivity contribution in [3.63, 3.8) is 0 Å². The summed E-state index contributed by atoms with van der Waals surface area (Å²) < 4.78 is 0. The maximum atomic E-state index is 12.8. The minimum Gasteiger partial charge on any atom is -0.317 e. The molecule has 114 valence electrons. The Labute approximate surface area is 131 Å². The fraction of sp³-hybridized carbons (Fsp3) is 0.688. The second kappa shape index (κ2) is 4.94. The molecule has 0 unspecified atom stereocenters. The summed E-state index contributed by atoms with van der Waals surface area (Å²) >= 11 is 5.96. The third-order valence-electron chi connectivity index (χ3n) is 5.93. The van der Waals surface area contributed by atoms with Crippen LogP contribution in [0.2, 0.25) is 0 Å². The molecule has 0 bridgehead atoms. The van der Waals surface area contributed by atoms with Gasteiger partial charge in [0.1, 0.15) is 0 Å². The highest BCUT2D eigenvalue weighted by atomic mass is 35.5. The monoisotopic (exact) mass is 307 g/mol. The first kappa shape index (κ1) is 14.8. The summed E-state index contributed by atoms with van der Waals surface area (Å²) in [5.74, 6) is 0.168. The maximum Gasteiger partial charge on any atom is 0.238 e. The van der Waals surface area contributed by atoms with Crippen molar-refractivity contribution in [2.24, 2.45) is 20.8 Å². The highest BCUT2D eigenvalue weighted by Crippen LogP contribution is 2.60. The molecule has 2 spiro atoms. The smallest absolute Gasteiger partial charge is 0.238 e. The minimum atomic E-state index is -0.482. The van der Waals surface area contributed by atoms with Crippen molar-refractivity contribution in [2.75, 3.05) is 7.05 Å². The minimum absolute atomic E-state index is 0.121. The van der Waals surface area contributed by atoms with Crippen LogP contribution in [0, 0.1) is 10.8 Å². The zero-order chi connectivity index (χ0) is 15.3. The molecule has 0 N–H and O–H groups in total. The predicted molar refractivity (Wildman–Crippen MR) is 85.5 cm³/mol. The summed E-state index contributed by atoms with van der Waals surface area (Å²) in [5, 5.41) is 0.121. The Morgan fingerprint density at radius 2 is 1.86 bits per heavy atom. The molecule has 0 radical (unpaired) electrons.